The second-order valence-electron chi connectivity index (χ2n) is 8.55. The Morgan fingerprint density at radius 3 is 2.47 bits per heavy atom. The van der Waals surface area contributed by atoms with Crippen molar-refractivity contribution in [1.82, 2.24) is 14.9 Å². The van der Waals surface area contributed by atoms with Crippen LogP contribution < -0.4 is 4.90 Å². The first-order chi connectivity index (χ1) is 14.1. The van der Waals surface area contributed by atoms with E-state index in [2.05, 4.69) is 25.9 Å². The lowest BCUT2D eigenvalue weighted by molar-refractivity contribution is 0.0123. The maximum Gasteiger partial charge on any atom is 0.410 e. The zero-order chi connectivity index (χ0) is 21.8. The van der Waals surface area contributed by atoms with Crippen molar-refractivity contribution < 1.29 is 18.3 Å². The van der Waals surface area contributed by atoms with Crippen LogP contribution in [0.15, 0.2) is 10.5 Å². The highest BCUT2D eigenvalue weighted by Crippen LogP contribution is 2.37. The van der Waals surface area contributed by atoms with Crippen molar-refractivity contribution in [2.24, 2.45) is 0 Å². The van der Waals surface area contributed by atoms with Crippen LogP contribution in [0.5, 0.6) is 0 Å². The maximum absolute atomic E-state index is 14.7. The van der Waals surface area contributed by atoms with Gasteiger partial charge in [0.15, 0.2) is 5.82 Å². The van der Waals surface area contributed by atoms with Gasteiger partial charge in [0.2, 0.25) is 0 Å². The number of aromatic nitrogens is 2. The van der Waals surface area contributed by atoms with E-state index in [1.54, 1.807) is 4.90 Å². The summed E-state index contributed by atoms with van der Waals surface area (Å²) in [5, 5.41) is 9.57. The summed E-state index contributed by atoms with van der Waals surface area (Å²) >= 11 is 3.03. The van der Waals surface area contributed by atoms with Crippen LogP contribution in [0.25, 0.3) is 10.9 Å². The van der Waals surface area contributed by atoms with Gasteiger partial charge in [0.05, 0.1) is 22.1 Å². The molecule has 0 saturated carbocycles. The molecular weight excluding hydrogens is 460 g/mol. The molecule has 2 aromatic rings. The number of carbonyl (C=O) groups excluding carboxylic acids is 1. The van der Waals surface area contributed by atoms with Gasteiger partial charge in [-0.1, -0.05) is 0 Å². The standard InChI is InChI=1S/C20H20BrF2N5O2/c1-20(2,3)30-19(29)28-11-4-5-12(28)9-27(8-11)17-13-6-10(7-24)14(21)15(22)16(13)25-18(23)26-17/h6,11-12H,4-5,8-9H2,1-3H3. The van der Waals surface area contributed by atoms with Gasteiger partial charge < -0.3 is 9.64 Å². The van der Waals surface area contributed by atoms with Crippen LogP contribution in [0.1, 0.15) is 39.2 Å². The van der Waals surface area contributed by atoms with Crippen molar-refractivity contribution in [2.45, 2.75) is 51.3 Å². The molecule has 3 heterocycles. The Balaban J connectivity index is 1.71. The first kappa shape index (κ1) is 20.7. The highest BCUT2D eigenvalue weighted by molar-refractivity contribution is 9.10. The molecule has 1 amide bonds. The fourth-order valence-electron chi connectivity index (χ4n) is 4.17. The van der Waals surface area contributed by atoms with Gasteiger partial charge in [-0.3, -0.25) is 4.90 Å². The Hall–Kier alpha value is -2.54. The highest BCUT2D eigenvalue weighted by atomic mass is 79.9. The number of benzene rings is 1. The van der Waals surface area contributed by atoms with Gasteiger partial charge >= 0.3 is 12.2 Å². The van der Waals surface area contributed by atoms with Gasteiger partial charge in [-0.05, 0) is 55.6 Å². The molecule has 7 nitrogen and oxygen atoms in total. The van der Waals surface area contributed by atoms with E-state index < -0.39 is 17.5 Å². The van der Waals surface area contributed by atoms with E-state index >= 15 is 0 Å². The molecule has 2 aliphatic rings. The molecule has 2 bridgehead atoms. The monoisotopic (exact) mass is 479 g/mol. The lowest BCUT2D eigenvalue weighted by atomic mass is 10.1. The van der Waals surface area contributed by atoms with Gasteiger partial charge in [-0.15, -0.1) is 0 Å². The first-order valence-electron chi connectivity index (χ1n) is 9.60. The molecular formula is C20H20BrF2N5O2. The Labute approximate surface area is 180 Å². The van der Waals surface area contributed by atoms with Crippen molar-refractivity contribution >= 4 is 38.7 Å². The summed E-state index contributed by atoms with van der Waals surface area (Å²) in [6, 6.07) is 3.13. The number of hydrogen-bond donors (Lipinski definition) is 0. The molecule has 0 spiro atoms. The molecule has 30 heavy (non-hydrogen) atoms. The number of amides is 1. The minimum atomic E-state index is -1.05. The number of piperazine rings is 1. The van der Waals surface area contributed by atoms with Crippen LogP contribution in [0.2, 0.25) is 0 Å². The maximum atomic E-state index is 14.7. The van der Waals surface area contributed by atoms with Gasteiger partial charge in [-0.25, -0.2) is 9.18 Å². The van der Waals surface area contributed by atoms with E-state index in [1.165, 1.54) is 6.07 Å². The van der Waals surface area contributed by atoms with E-state index in [1.807, 2.05) is 31.7 Å². The Morgan fingerprint density at radius 1 is 1.27 bits per heavy atom. The SMILES string of the molecule is CC(C)(C)OC(=O)N1C2CCC1CN(c1nc(F)nc3c(F)c(Br)c(C#N)cc13)C2. The minimum absolute atomic E-state index is 0.0589. The van der Waals surface area contributed by atoms with Crippen LogP contribution in [-0.2, 0) is 4.74 Å². The number of carbonyl (C=O) groups is 1. The lowest BCUT2D eigenvalue weighted by Gasteiger charge is -2.42. The van der Waals surface area contributed by atoms with Gasteiger partial charge in [0.1, 0.15) is 23.0 Å². The number of nitrogens with zero attached hydrogens (tertiary/aromatic N) is 5. The fourth-order valence-corrected chi connectivity index (χ4v) is 4.56. The molecule has 1 aromatic carbocycles. The summed E-state index contributed by atoms with van der Waals surface area (Å²) in [7, 11) is 0. The van der Waals surface area contributed by atoms with Crippen LogP contribution in [-0.4, -0.2) is 51.7 Å². The Bertz CT molecular complexity index is 1070. The summed E-state index contributed by atoms with van der Waals surface area (Å²) in [6.07, 6.45) is 0.162. The topological polar surface area (TPSA) is 82.3 Å². The van der Waals surface area contributed by atoms with E-state index in [-0.39, 0.29) is 44.9 Å². The summed E-state index contributed by atoms with van der Waals surface area (Å²) in [5.41, 5.74) is -0.713. The molecule has 0 N–H and O–H groups in total. The molecule has 0 radical (unpaired) electrons. The number of fused-ring (bicyclic) bond motifs is 3. The number of ether oxygens (including phenoxy) is 1. The average molecular weight is 480 g/mol. The number of halogens is 3. The molecule has 2 fully saturated rings. The molecule has 158 valence electrons. The van der Waals surface area contributed by atoms with Crippen LogP contribution in [0.3, 0.4) is 0 Å². The third-order valence-electron chi connectivity index (χ3n) is 5.33. The van der Waals surface area contributed by atoms with E-state index in [0.29, 0.717) is 13.1 Å². The molecule has 1 aromatic heterocycles. The largest absolute Gasteiger partial charge is 0.444 e. The molecule has 0 aliphatic carbocycles. The summed E-state index contributed by atoms with van der Waals surface area (Å²) in [5.74, 6) is -0.580. The molecule has 10 heteroatoms. The van der Waals surface area contributed by atoms with Gasteiger partial charge in [0.25, 0.3) is 0 Å². The predicted molar refractivity (Wildman–Crippen MR) is 109 cm³/mol. The highest BCUT2D eigenvalue weighted by Gasteiger charge is 2.45. The van der Waals surface area contributed by atoms with E-state index in [0.717, 1.165) is 12.8 Å². The van der Waals surface area contributed by atoms with Crippen molar-refractivity contribution in [2.75, 3.05) is 18.0 Å². The minimum Gasteiger partial charge on any atom is -0.444 e. The van der Waals surface area contributed by atoms with E-state index in [9.17, 15) is 18.8 Å². The second-order valence-corrected chi connectivity index (χ2v) is 9.35. The predicted octanol–water partition coefficient (Wildman–Crippen LogP) is 4.13. The van der Waals surface area contributed by atoms with Crippen molar-refractivity contribution in [3.63, 3.8) is 0 Å². The zero-order valence-electron chi connectivity index (χ0n) is 16.7. The number of nitriles is 1. The molecule has 2 saturated heterocycles. The fraction of sp³-hybridized carbons (Fsp3) is 0.500. The number of hydrogen-bond acceptors (Lipinski definition) is 6. The summed E-state index contributed by atoms with van der Waals surface area (Å²) in [4.78, 5) is 23.8. The third-order valence-corrected chi connectivity index (χ3v) is 6.11. The smallest absolute Gasteiger partial charge is 0.410 e. The Morgan fingerprint density at radius 2 is 1.90 bits per heavy atom. The molecule has 2 aliphatic heterocycles. The van der Waals surface area contributed by atoms with Crippen LogP contribution >= 0.6 is 15.9 Å². The van der Waals surface area contributed by atoms with Gasteiger partial charge in [0, 0.05) is 18.5 Å². The normalized spacial score (nSPS) is 21.1. The summed E-state index contributed by atoms with van der Waals surface area (Å²) in [6.45, 7) is 6.26. The first-order valence-corrected chi connectivity index (χ1v) is 10.4. The van der Waals surface area contributed by atoms with Crippen molar-refractivity contribution in [3.8, 4) is 6.07 Å². The van der Waals surface area contributed by atoms with Crippen molar-refractivity contribution in [1.29, 1.82) is 5.26 Å². The summed E-state index contributed by atoms with van der Waals surface area (Å²) < 4.78 is 34.4. The van der Waals surface area contributed by atoms with Crippen LogP contribution in [0.4, 0.5) is 19.4 Å². The quantitative estimate of drug-likeness (QED) is 0.571. The van der Waals surface area contributed by atoms with Crippen molar-refractivity contribution in [3.05, 3.63) is 28.0 Å². The number of anilines is 1. The van der Waals surface area contributed by atoms with Gasteiger partial charge in [-0.2, -0.15) is 19.6 Å². The molecule has 2 atom stereocenters. The average Bonchev–Trinajstić information content (AvgIpc) is 2.93. The number of rotatable bonds is 1. The molecule has 4 rings (SSSR count). The molecule has 2 unspecified atom stereocenters. The van der Waals surface area contributed by atoms with Crippen LogP contribution in [0, 0.1) is 23.2 Å². The Kier molecular flexibility index (Phi) is 5.04. The second kappa shape index (κ2) is 7.30. The van der Waals surface area contributed by atoms with E-state index in [4.69, 9.17) is 4.74 Å². The lowest BCUT2D eigenvalue weighted by Crippen LogP contribution is -2.57. The third kappa shape index (κ3) is 3.55. The zero-order valence-corrected chi connectivity index (χ0v) is 18.3.